The fourth-order valence-electron chi connectivity index (χ4n) is 3.67. The number of halogens is 1. The molecule has 3 rings (SSSR count). The van der Waals surface area contributed by atoms with E-state index in [2.05, 4.69) is 31.4 Å². The molecule has 0 spiro atoms. The fourth-order valence-corrected chi connectivity index (χ4v) is 3.84. The van der Waals surface area contributed by atoms with E-state index < -0.39 is 0 Å². The van der Waals surface area contributed by atoms with Crippen molar-refractivity contribution in [1.29, 1.82) is 0 Å². The molecule has 0 bridgehead atoms. The summed E-state index contributed by atoms with van der Waals surface area (Å²) in [6.07, 6.45) is 3.07. The molecule has 6 heteroatoms. The Kier molecular flexibility index (Phi) is 7.97. The van der Waals surface area contributed by atoms with Crippen molar-refractivity contribution < 1.29 is 9.53 Å². The third-order valence-electron chi connectivity index (χ3n) is 5.46. The van der Waals surface area contributed by atoms with Gasteiger partial charge in [-0.05, 0) is 49.1 Å². The van der Waals surface area contributed by atoms with Crippen LogP contribution in [0.15, 0.2) is 42.5 Å². The number of carbonyl (C=O) groups excluding carboxylic acids is 1. The maximum Gasteiger partial charge on any atom is 0.258 e. The third kappa shape index (κ3) is 5.59. The SMILES string of the molecule is CCCCn1c(CN(CCC(C)C)C(=O)c2cc(Cl)ccc2OC)nc2ccccc21. The molecule has 0 saturated carbocycles. The number of rotatable bonds is 10. The van der Waals surface area contributed by atoms with E-state index in [1.165, 1.54) is 0 Å². The van der Waals surface area contributed by atoms with Crippen molar-refractivity contribution in [2.45, 2.75) is 53.1 Å². The summed E-state index contributed by atoms with van der Waals surface area (Å²) in [5, 5.41) is 0.517. The molecule has 0 unspecified atom stereocenters. The van der Waals surface area contributed by atoms with E-state index in [0.717, 1.165) is 42.7 Å². The van der Waals surface area contributed by atoms with Crippen LogP contribution < -0.4 is 4.74 Å². The van der Waals surface area contributed by atoms with Gasteiger partial charge in [0.1, 0.15) is 11.6 Å². The molecule has 0 aliphatic carbocycles. The van der Waals surface area contributed by atoms with Gasteiger partial charge in [-0.3, -0.25) is 4.79 Å². The number of hydrogen-bond acceptors (Lipinski definition) is 3. The van der Waals surface area contributed by atoms with Crippen molar-refractivity contribution in [2.24, 2.45) is 5.92 Å². The first kappa shape index (κ1) is 23.1. The predicted molar refractivity (Wildman–Crippen MR) is 127 cm³/mol. The number of amides is 1. The Morgan fingerprint density at radius 1 is 1.23 bits per heavy atom. The molecule has 166 valence electrons. The maximum atomic E-state index is 13.6. The van der Waals surface area contributed by atoms with E-state index >= 15 is 0 Å². The highest BCUT2D eigenvalue weighted by Gasteiger charge is 2.23. The van der Waals surface area contributed by atoms with Crippen LogP contribution in [0.25, 0.3) is 11.0 Å². The van der Waals surface area contributed by atoms with Gasteiger partial charge in [-0.15, -0.1) is 0 Å². The van der Waals surface area contributed by atoms with E-state index in [9.17, 15) is 4.79 Å². The predicted octanol–water partition coefficient (Wildman–Crippen LogP) is 6.19. The lowest BCUT2D eigenvalue weighted by Gasteiger charge is -2.25. The number of carbonyl (C=O) groups is 1. The van der Waals surface area contributed by atoms with Gasteiger partial charge in [0.05, 0.1) is 30.3 Å². The summed E-state index contributed by atoms with van der Waals surface area (Å²) >= 11 is 6.20. The Morgan fingerprint density at radius 3 is 2.71 bits per heavy atom. The third-order valence-corrected chi connectivity index (χ3v) is 5.69. The molecule has 0 radical (unpaired) electrons. The number of fused-ring (bicyclic) bond motifs is 1. The van der Waals surface area contributed by atoms with Crippen LogP contribution in [-0.4, -0.2) is 34.0 Å². The molecule has 2 aromatic carbocycles. The number of ether oxygens (including phenoxy) is 1. The molecule has 5 nitrogen and oxygen atoms in total. The van der Waals surface area contributed by atoms with Gasteiger partial charge < -0.3 is 14.2 Å². The number of aromatic nitrogens is 2. The zero-order valence-corrected chi connectivity index (χ0v) is 19.7. The van der Waals surface area contributed by atoms with Crippen LogP contribution in [0.2, 0.25) is 5.02 Å². The number of aryl methyl sites for hydroxylation is 1. The molecule has 1 heterocycles. The number of para-hydroxylation sites is 2. The molecule has 0 aliphatic rings. The number of unbranched alkanes of at least 4 members (excludes halogenated alkanes) is 1. The Bertz CT molecular complexity index is 1030. The molecule has 1 amide bonds. The van der Waals surface area contributed by atoms with Gasteiger partial charge in [0.15, 0.2) is 0 Å². The van der Waals surface area contributed by atoms with E-state index in [1.807, 2.05) is 23.1 Å². The first-order chi connectivity index (χ1) is 14.9. The van der Waals surface area contributed by atoms with Gasteiger partial charge in [-0.1, -0.05) is 50.9 Å². The minimum Gasteiger partial charge on any atom is -0.496 e. The number of benzene rings is 2. The standard InChI is InChI=1S/C25H32ClN3O2/c1-5-6-14-29-22-10-8-7-9-21(22)27-24(29)17-28(15-13-18(2)3)25(30)20-16-19(26)11-12-23(20)31-4/h7-12,16,18H,5-6,13-15,17H2,1-4H3. The van der Waals surface area contributed by atoms with Crippen molar-refractivity contribution in [3.8, 4) is 5.75 Å². The van der Waals surface area contributed by atoms with Crippen molar-refractivity contribution in [3.05, 3.63) is 58.9 Å². The highest BCUT2D eigenvalue weighted by Crippen LogP contribution is 2.26. The minimum absolute atomic E-state index is 0.0888. The second-order valence-corrected chi connectivity index (χ2v) is 8.71. The summed E-state index contributed by atoms with van der Waals surface area (Å²) in [6.45, 7) is 8.49. The van der Waals surface area contributed by atoms with Crippen LogP contribution in [0.5, 0.6) is 5.75 Å². The van der Waals surface area contributed by atoms with Gasteiger partial charge >= 0.3 is 0 Å². The lowest BCUT2D eigenvalue weighted by atomic mass is 10.1. The Hall–Kier alpha value is -2.53. The summed E-state index contributed by atoms with van der Waals surface area (Å²) in [5.41, 5.74) is 2.56. The lowest BCUT2D eigenvalue weighted by molar-refractivity contribution is 0.0726. The van der Waals surface area contributed by atoms with Crippen molar-refractivity contribution in [3.63, 3.8) is 0 Å². The number of methoxy groups -OCH3 is 1. The molecule has 1 aromatic heterocycles. The van der Waals surface area contributed by atoms with Crippen molar-refractivity contribution in [2.75, 3.05) is 13.7 Å². The largest absolute Gasteiger partial charge is 0.496 e. The highest BCUT2D eigenvalue weighted by molar-refractivity contribution is 6.31. The molecule has 0 atom stereocenters. The molecular formula is C25H32ClN3O2. The van der Waals surface area contributed by atoms with Crippen LogP contribution in [0, 0.1) is 5.92 Å². The Labute approximate surface area is 190 Å². The van der Waals surface area contributed by atoms with Crippen LogP contribution in [-0.2, 0) is 13.1 Å². The topological polar surface area (TPSA) is 47.4 Å². The van der Waals surface area contributed by atoms with E-state index in [0.29, 0.717) is 35.3 Å². The summed E-state index contributed by atoms with van der Waals surface area (Å²) in [6, 6.07) is 13.3. The van der Waals surface area contributed by atoms with Gasteiger partial charge in [-0.2, -0.15) is 0 Å². The highest BCUT2D eigenvalue weighted by atomic mass is 35.5. The first-order valence-electron chi connectivity index (χ1n) is 11.0. The summed E-state index contributed by atoms with van der Waals surface area (Å²) in [7, 11) is 1.57. The average Bonchev–Trinajstić information content (AvgIpc) is 3.11. The van der Waals surface area contributed by atoms with E-state index in [1.54, 1.807) is 25.3 Å². The first-order valence-corrected chi connectivity index (χ1v) is 11.4. The molecule has 0 aliphatic heterocycles. The number of imidazole rings is 1. The van der Waals surface area contributed by atoms with E-state index in [-0.39, 0.29) is 5.91 Å². The minimum atomic E-state index is -0.0888. The van der Waals surface area contributed by atoms with Crippen LogP contribution in [0.1, 0.15) is 56.2 Å². The molecule has 0 N–H and O–H groups in total. The van der Waals surface area contributed by atoms with Gasteiger partial charge in [0, 0.05) is 18.1 Å². The maximum absolute atomic E-state index is 13.6. The molecule has 0 saturated heterocycles. The fraction of sp³-hybridized carbons (Fsp3) is 0.440. The monoisotopic (exact) mass is 441 g/mol. The summed E-state index contributed by atoms with van der Waals surface area (Å²) in [4.78, 5) is 20.3. The number of hydrogen-bond donors (Lipinski definition) is 0. The molecule has 3 aromatic rings. The normalized spacial score (nSPS) is 11.3. The average molecular weight is 442 g/mol. The second kappa shape index (κ2) is 10.7. The zero-order valence-electron chi connectivity index (χ0n) is 18.9. The van der Waals surface area contributed by atoms with Gasteiger partial charge in [0.2, 0.25) is 0 Å². The van der Waals surface area contributed by atoms with Crippen molar-refractivity contribution >= 4 is 28.5 Å². The number of nitrogens with zero attached hydrogens (tertiary/aromatic N) is 3. The quantitative estimate of drug-likeness (QED) is 0.377. The van der Waals surface area contributed by atoms with Gasteiger partial charge in [0.25, 0.3) is 5.91 Å². The summed E-state index contributed by atoms with van der Waals surface area (Å²) < 4.78 is 7.70. The lowest BCUT2D eigenvalue weighted by Crippen LogP contribution is -2.33. The van der Waals surface area contributed by atoms with Crippen molar-refractivity contribution in [1.82, 2.24) is 14.5 Å². The molecule has 0 fully saturated rings. The van der Waals surface area contributed by atoms with Crippen LogP contribution in [0.4, 0.5) is 0 Å². The van der Waals surface area contributed by atoms with E-state index in [4.69, 9.17) is 21.3 Å². The van der Waals surface area contributed by atoms with Crippen LogP contribution in [0.3, 0.4) is 0 Å². The summed E-state index contributed by atoms with van der Waals surface area (Å²) in [5.74, 6) is 1.83. The second-order valence-electron chi connectivity index (χ2n) is 8.28. The Balaban J connectivity index is 1.98. The molecular weight excluding hydrogens is 410 g/mol. The van der Waals surface area contributed by atoms with Gasteiger partial charge in [-0.25, -0.2) is 4.98 Å². The van der Waals surface area contributed by atoms with Crippen LogP contribution >= 0.6 is 11.6 Å². The molecule has 31 heavy (non-hydrogen) atoms. The Morgan fingerprint density at radius 2 is 2.00 bits per heavy atom. The zero-order chi connectivity index (χ0) is 22.4. The smallest absolute Gasteiger partial charge is 0.258 e.